The summed E-state index contributed by atoms with van der Waals surface area (Å²) < 4.78 is 1.54. The van der Waals surface area contributed by atoms with Crippen molar-refractivity contribution in [3.8, 4) is 5.82 Å². The van der Waals surface area contributed by atoms with E-state index in [1.54, 1.807) is 24.9 Å². The summed E-state index contributed by atoms with van der Waals surface area (Å²) in [5.74, 6) is 0.335. The Kier molecular flexibility index (Phi) is 3.81. The van der Waals surface area contributed by atoms with Crippen LogP contribution >= 0.6 is 11.6 Å². The molecule has 0 bridgehead atoms. The summed E-state index contributed by atoms with van der Waals surface area (Å²) >= 11 is 5.92. The number of aromatic nitrogens is 3. The minimum Gasteiger partial charge on any atom is -0.316 e. The van der Waals surface area contributed by atoms with Crippen LogP contribution in [0.3, 0.4) is 0 Å². The van der Waals surface area contributed by atoms with Crippen molar-refractivity contribution in [2.24, 2.45) is 0 Å². The van der Waals surface area contributed by atoms with Gasteiger partial charge in [0.25, 0.3) is 5.91 Å². The van der Waals surface area contributed by atoms with Crippen LogP contribution in [0.2, 0.25) is 5.02 Å². The van der Waals surface area contributed by atoms with Gasteiger partial charge in [-0.1, -0.05) is 17.7 Å². The first kappa shape index (κ1) is 15.5. The number of rotatable bonds is 3. The maximum Gasteiger partial charge on any atom is 0.327 e. The van der Waals surface area contributed by atoms with Gasteiger partial charge in [-0.15, -0.1) is 0 Å². The third-order valence-electron chi connectivity index (χ3n) is 3.93. The fourth-order valence-electron chi connectivity index (χ4n) is 2.47. The highest BCUT2D eigenvalue weighted by Crippen LogP contribution is 2.22. The molecule has 0 spiro atoms. The quantitative estimate of drug-likeness (QED) is 0.806. The zero-order valence-corrected chi connectivity index (χ0v) is 13.8. The second-order valence-corrected chi connectivity index (χ2v) is 5.97. The van der Waals surface area contributed by atoms with E-state index in [4.69, 9.17) is 11.6 Å². The Labute approximate surface area is 138 Å². The van der Waals surface area contributed by atoms with Gasteiger partial charge in [-0.2, -0.15) is 5.10 Å². The summed E-state index contributed by atoms with van der Waals surface area (Å²) in [7, 11) is 1.62. The predicted molar refractivity (Wildman–Crippen MR) is 84.3 cm³/mol. The van der Waals surface area contributed by atoms with Gasteiger partial charge in [0.1, 0.15) is 6.04 Å². The third kappa shape index (κ3) is 2.68. The van der Waals surface area contributed by atoms with Crippen LogP contribution in [0, 0.1) is 6.92 Å². The van der Waals surface area contributed by atoms with Crippen LogP contribution in [-0.4, -0.2) is 49.6 Å². The van der Waals surface area contributed by atoms with Crippen molar-refractivity contribution >= 4 is 23.5 Å². The van der Waals surface area contributed by atoms with E-state index < -0.39 is 6.04 Å². The van der Waals surface area contributed by atoms with Gasteiger partial charge >= 0.3 is 6.03 Å². The number of amides is 3. The van der Waals surface area contributed by atoms with Crippen molar-refractivity contribution in [2.75, 3.05) is 7.05 Å². The van der Waals surface area contributed by atoms with E-state index in [2.05, 4.69) is 10.1 Å². The molecule has 1 atom stereocenters. The molecule has 3 amide bonds. The molecular formula is C15H16ClN5O2. The molecule has 1 aliphatic rings. The van der Waals surface area contributed by atoms with Crippen LogP contribution in [0.5, 0.6) is 0 Å². The van der Waals surface area contributed by atoms with E-state index in [-0.39, 0.29) is 18.5 Å². The number of carbonyl (C=O) groups excluding carboxylic acids is 2. The van der Waals surface area contributed by atoms with Crippen molar-refractivity contribution in [1.29, 1.82) is 0 Å². The molecule has 0 radical (unpaired) electrons. The SMILES string of the molecule is Cc1ccc(CN2C(=O)C(C)N(C)C2=O)c(-n2cc(Cl)cn2)n1. The van der Waals surface area contributed by atoms with E-state index in [0.717, 1.165) is 11.3 Å². The van der Waals surface area contributed by atoms with Gasteiger partial charge in [0.05, 0.1) is 24.0 Å². The van der Waals surface area contributed by atoms with Gasteiger partial charge < -0.3 is 4.90 Å². The number of aryl methyl sites for hydroxylation is 1. The minimum absolute atomic E-state index is 0.145. The molecule has 2 aromatic rings. The highest BCUT2D eigenvalue weighted by atomic mass is 35.5. The molecule has 23 heavy (non-hydrogen) atoms. The van der Waals surface area contributed by atoms with Crippen LogP contribution in [0.1, 0.15) is 18.2 Å². The Morgan fingerprint density at radius 3 is 2.61 bits per heavy atom. The minimum atomic E-state index is -0.455. The summed E-state index contributed by atoms with van der Waals surface area (Å²) in [6, 6.07) is 2.91. The van der Waals surface area contributed by atoms with Gasteiger partial charge in [-0.3, -0.25) is 9.69 Å². The van der Waals surface area contributed by atoms with Crippen LogP contribution < -0.4 is 0 Å². The molecule has 1 saturated heterocycles. The van der Waals surface area contributed by atoms with Gasteiger partial charge in [0.15, 0.2) is 5.82 Å². The normalized spacial score (nSPS) is 18.2. The largest absolute Gasteiger partial charge is 0.327 e. The van der Waals surface area contributed by atoms with Crippen LogP contribution in [0.4, 0.5) is 4.79 Å². The zero-order valence-electron chi connectivity index (χ0n) is 13.0. The number of halogens is 1. The number of urea groups is 1. The van der Waals surface area contributed by atoms with Crippen molar-refractivity contribution in [2.45, 2.75) is 26.4 Å². The number of imide groups is 1. The molecule has 0 N–H and O–H groups in total. The average Bonchev–Trinajstić information content (AvgIpc) is 3.03. The number of nitrogens with zero attached hydrogens (tertiary/aromatic N) is 5. The number of carbonyl (C=O) groups is 2. The molecule has 8 heteroatoms. The first-order valence-electron chi connectivity index (χ1n) is 7.13. The zero-order chi connectivity index (χ0) is 16.7. The van der Waals surface area contributed by atoms with E-state index in [1.165, 1.54) is 16.0 Å². The predicted octanol–water partition coefficient (Wildman–Crippen LogP) is 2.01. The van der Waals surface area contributed by atoms with E-state index in [1.807, 2.05) is 19.1 Å². The van der Waals surface area contributed by atoms with E-state index in [0.29, 0.717) is 10.8 Å². The number of pyridine rings is 1. The smallest absolute Gasteiger partial charge is 0.316 e. The topological polar surface area (TPSA) is 71.3 Å². The molecule has 3 heterocycles. The summed E-state index contributed by atoms with van der Waals surface area (Å²) in [5, 5.41) is 4.64. The second-order valence-electron chi connectivity index (χ2n) is 5.53. The first-order chi connectivity index (χ1) is 10.9. The molecular weight excluding hydrogens is 318 g/mol. The number of hydrogen-bond acceptors (Lipinski definition) is 4. The van der Waals surface area contributed by atoms with Crippen LogP contribution in [-0.2, 0) is 11.3 Å². The van der Waals surface area contributed by atoms with Crippen LogP contribution in [0.25, 0.3) is 5.82 Å². The number of likely N-dealkylation sites (N-methyl/N-ethyl adjacent to an activating group) is 1. The maximum atomic E-state index is 12.2. The molecule has 1 fully saturated rings. The Morgan fingerprint density at radius 1 is 1.30 bits per heavy atom. The first-order valence-corrected chi connectivity index (χ1v) is 7.51. The fourth-order valence-corrected chi connectivity index (χ4v) is 2.60. The summed E-state index contributed by atoms with van der Waals surface area (Å²) in [6.07, 6.45) is 3.15. The Morgan fingerprint density at radius 2 is 2.04 bits per heavy atom. The molecule has 120 valence electrons. The van der Waals surface area contributed by atoms with E-state index >= 15 is 0 Å². The fraction of sp³-hybridized carbons (Fsp3) is 0.333. The summed E-state index contributed by atoms with van der Waals surface area (Å²) in [4.78, 5) is 31.6. The Balaban J connectivity index is 1.98. The molecule has 0 saturated carbocycles. The molecule has 1 unspecified atom stereocenters. The summed E-state index contributed by atoms with van der Waals surface area (Å²) in [6.45, 7) is 3.72. The van der Waals surface area contributed by atoms with Gasteiger partial charge in [-0.25, -0.2) is 14.5 Å². The molecule has 2 aromatic heterocycles. The lowest BCUT2D eigenvalue weighted by molar-refractivity contribution is -0.128. The molecule has 3 rings (SSSR count). The highest BCUT2D eigenvalue weighted by Gasteiger charge is 2.40. The van der Waals surface area contributed by atoms with Crippen LogP contribution in [0.15, 0.2) is 24.5 Å². The lowest BCUT2D eigenvalue weighted by atomic mass is 10.2. The highest BCUT2D eigenvalue weighted by molar-refractivity contribution is 6.30. The van der Waals surface area contributed by atoms with Gasteiger partial charge in [0, 0.05) is 18.3 Å². The second kappa shape index (κ2) is 5.66. The van der Waals surface area contributed by atoms with Crippen molar-refractivity contribution in [3.63, 3.8) is 0 Å². The summed E-state index contributed by atoms with van der Waals surface area (Å²) in [5.41, 5.74) is 1.53. The third-order valence-corrected chi connectivity index (χ3v) is 4.12. The van der Waals surface area contributed by atoms with Crippen molar-refractivity contribution < 1.29 is 9.59 Å². The van der Waals surface area contributed by atoms with Crippen molar-refractivity contribution in [3.05, 3.63) is 40.8 Å². The Hall–Kier alpha value is -2.41. The molecule has 1 aliphatic heterocycles. The number of hydrogen-bond donors (Lipinski definition) is 0. The maximum absolute atomic E-state index is 12.2. The van der Waals surface area contributed by atoms with Gasteiger partial charge in [-0.05, 0) is 19.9 Å². The molecule has 0 aliphatic carbocycles. The standard InChI is InChI=1S/C15H16ClN5O2/c1-9-4-5-11(13(18-9)21-8-12(16)6-17-21)7-20-14(22)10(2)19(3)15(20)23/h4-6,8,10H,7H2,1-3H3. The lowest BCUT2D eigenvalue weighted by Crippen LogP contribution is -2.31. The molecule has 0 aromatic carbocycles. The lowest BCUT2D eigenvalue weighted by Gasteiger charge is -2.16. The monoisotopic (exact) mass is 333 g/mol. The Bertz CT molecular complexity index is 768. The molecule has 7 nitrogen and oxygen atoms in total. The van der Waals surface area contributed by atoms with Crippen molar-refractivity contribution in [1.82, 2.24) is 24.6 Å². The van der Waals surface area contributed by atoms with Gasteiger partial charge in [0.2, 0.25) is 0 Å². The average molecular weight is 334 g/mol. The van der Waals surface area contributed by atoms with E-state index in [9.17, 15) is 9.59 Å².